The van der Waals surface area contributed by atoms with Crippen LogP contribution in [-0.4, -0.2) is 0 Å². The van der Waals surface area contributed by atoms with E-state index >= 15 is 0 Å². The van der Waals surface area contributed by atoms with E-state index in [1.807, 2.05) is 0 Å². The maximum absolute atomic E-state index is 9.04. The van der Waals surface area contributed by atoms with Gasteiger partial charge in [-0.25, -0.2) is 0 Å². The van der Waals surface area contributed by atoms with Crippen LogP contribution in [0.4, 0.5) is 0 Å². The third kappa shape index (κ3) is 1.14. The van der Waals surface area contributed by atoms with E-state index in [2.05, 4.69) is 19.9 Å². The highest BCUT2D eigenvalue weighted by Gasteiger charge is 2.53. The van der Waals surface area contributed by atoms with Crippen LogP contribution < -0.4 is 0 Å². The van der Waals surface area contributed by atoms with Gasteiger partial charge in [-0.05, 0) is 43.4 Å². The molecule has 2 rings (SSSR count). The normalized spacial score (nSPS) is 35.9. The number of hydrogen-bond donors (Lipinski definition) is 0. The Bertz CT molecular complexity index is 230. The van der Waals surface area contributed by atoms with Crippen molar-refractivity contribution < 1.29 is 0 Å². The van der Waals surface area contributed by atoms with Gasteiger partial charge < -0.3 is 0 Å². The first-order valence-corrected chi connectivity index (χ1v) is 4.99. The Morgan fingerprint density at radius 2 is 1.92 bits per heavy atom. The number of hydrogen-bond acceptors (Lipinski definition) is 1. The summed E-state index contributed by atoms with van der Waals surface area (Å²) in [6.07, 6.45) is 6.23. The Labute approximate surface area is 74.8 Å². The fourth-order valence-corrected chi connectivity index (χ4v) is 2.65. The standard InChI is InChI=1S/C11H17N/c1-10(2)4-3-9(7-10)11(8-12)5-6-11/h9H,3-7H2,1-2H3. The van der Waals surface area contributed by atoms with Crippen molar-refractivity contribution >= 4 is 0 Å². The molecule has 2 aliphatic rings. The number of nitriles is 1. The molecule has 2 aliphatic carbocycles. The molecule has 0 bridgehead atoms. The van der Waals surface area contributed by atoms with Gasteiger partial charge in [-0.15, -0.1) is 0 Å². The zero-order valence-electron chi connectivity index (χ0n) is 8.06. The summed E-state index contributed by atoms with van der Waals surface area (Å²) in [4.78, 5) is 0. The topological polar surface area (TPSA) is 23.8 Å². The van der Waals surface area contributed by atoms with Crippen LogP contribution >= 0.6 is 0 Å². The Morgan fingerprint density at radius 1 is 1.25 bits per heavy atom. The van der Waals surface area contributed by atoms with E-state index in [-0.39, 0.29) is 5.41 Å². The second-order valence-electron chi connectivity index (χ2n) is 5.37. The lowest BCUT2D eigenvalue weighted by molar-refractivity contribution is 0.321. The van der Waals surface area contributed by atoms with Gasteiger partial charge in [-0.1, -0.05) is 13.8 Å². The molecule has 0 aromatic rings. The summed E-state index contributed by atoms with van der Waals surface area (Å²) in [6.45, 7) is 4.67. The Balaban J connectivity index is 2.06. The van der Waals surface area contributed by atoms with Gasteiger partial charge in [0.1, 0.15) is 0 Å². The first-order chi connectivity index (χ1) is 5.58. The molecule has 66 valence electrons. The lowest BCUT2D eigenvalue weighted by Crippen LogP contribution is -2.13. The van der Waals surface area contributed by atoms with Crippen molar-refractivity contribution in [3.63, 3.8) is 0 Å². The van der Waals surface area contributed by atoms with E-state index in [9.17, 15) is 0 Å². The molecule has 0 saturated heterocycles. The fourth-order valence-electron chi connectivity index (χ4n) is 2.65. The third-order valence-corrected chi connectivity index (χ3v) is 3.76. The van der Waals surface area contributed by atoms with Gasteiger partial charge in [-0.3, -0.25) is 0 Å². The number of rotatable bonds is 1. The van der Waals surface area contributed by atoms with Crippen molar-refractivity contribution in [2.45, 2.75) is 46.0 Å². The fraction of sp³-hybridized carbons (Fsp3) is 0.909. The van der Waals surface area contributed by atoms with E-state index in [4.69, 9.17) is 5.26 Å². The van der Waals surface area contributed by atoms with Crippen LogP contribution in [0.1, 0.15) is 46.0 Å². The first kappa shape index (κ1) is 8.10. The van der Waals surface area contributed by atoms with Crippen LogP contribution in [-0.2, 0) is 0 Å². The summed E-state index contributed by atoms with van der Waals surface area (Å²) in [5, 5.41) is 9.04. The molecule has 0 heterocycles. The highest BCUT2D eigenvalue weighted by atomic mass is 14.6. The molecular formula is C11H17N. The van der Waals surface area contributed by atoms with E-state index in [1.165, 1.54) is 32.1 Å². The molecule has 0 spiro atoms. The smallest absolute Gasteiger partial charge is 0.0692 e. The van der Waals surface area contributed by atoms with Crippen LogP contribution in [0.25, 0.3) is 0 Å². The minimum absolute atomic E-state index is 0.133. The molecule has 1 atom stereocenters. The van der Waals surface area contributed by atoms with E-state index in [0.29, 0.717) is 5.41 Å². The van der Waals surface area contributed by atoms with Gasteiger partial charge in [0.25, 0.3) is 0 Å². The summed E-state index contributed by atoms with van der Waals surface area (Å²) >= 11 is 0. The molecule has 2 saturated carbocycles. The van der Waals surface area contributed by atoms with Gasteiger partial charge in [0.15, 0.2) is 0 Å². The van der Waals surface area contributed by atoms with E-state index in [1.54, 1.807) is 0 Å². The molecule has 1 unspecified atom stereocenters. The third-order valence-electron chi connectivity index (χ3n) is 3.76. The van der Waals surface area contributed by atoms with Gasteiger partial charge in [0.05, 0.1) is 11.5 Å². The zero-order valence-corrected chi connectivity index (χ0v) is 8.06. The first-order valence-electron chi connectivity index (χ1n) is 4.99. The quantitative estimate of drug-likeness (QED) is 0.582. The van der Waals surface area contributed by atoms with Gasteiger partial charge in [0.2, 0.25) is 0 Å². The summed E-state index contributed by atoms with van der Waals surface area (Å²) in [7, 11) is 0. The molecule has 0 aromatic carbocycles. The monoisotopic (exact) mass is 163 g/mol. The molecule has 0 amide bonds. The van der Waals surface area contributed by atoms with Crippen molar-refractivity contribution in [1.29, 1.82) is 5.26 Å². The van der Waals surface area contributed by atoms with Gasteiger partial charge in [0, 0.05) is 0 Å². The lowest BCUT2D eigenvalue weighted by Gasteiger charge is -2.19. The summed E-state index contributed by atoms with van der Waals surface area (Å²) in [5.74, 6) is 0.720. The van der Waals surface area contributed by atoms with Crippen LogP contribution in [0.3, 0.4) is 0 Å². The summed E-state index contributed by atoms with van der Waals surface area (Å²) in [5.41, 5.74) is 0.644. The predicted molar refractivity (Wildman–Crippen MR) is 48.4 cm³/mol. The van der Waals surface area contributed by atoms with E-state index in [0.717, 1.165) is 5.92 Å². The van der Waals surface area contributed by atoms with Crippen molar-refractivity contribution in [2.75, 3.05) is 0 Å². The molecule has 0 aromatic heterocycles. The van der Waals surface area contributed by atoms with Crippen molar-refractivity contribution in [1.82, 2.24) is 0 Å². The van der Waals surface area contributed by atoms with Crippen LogP contribution in [0.15, 0.2) is 0 Å². The SMILES string of the molecule is CC1(C)CCC(C2(C#N)CC2)C1. The molecule has 0 radical (unpaired) electrons. The minimum Gasteiger partial charge on any atom is -0.198 e. The molecule has 0 N–H and O–H groups in total. The lowest BCUT2D eigenvalue weighted by atomic mass is 9.84. The Hall–Kier alpha value is -0.510. The summed E-state index contributed by atoms with van der Waals surface area (Å²) < 4.78 is 0. The Kier molecular flexibility index (Phi) is 1.52. The molecule has 1 heteroatoms. The maximum atomic E-state index is 9.04. The zero-order chi connectivity index (χ0) is 8.82. The molecular weight excluding hydrogens is 146 g/mol. The highest BCUT2D eigenvalue weighted by molar-refractivity contribution is 5.14. The molecule has 12 heavy (non-hydrogen) atoms. The van der Waals surface area contributed by atoms with Crippen molar-refractivity contribution in [3.8, 4) is 6.07 Å². The molecule has 0 aliphatic heterocycles. The predicted octanol–water partition coefficient (Wildman–Crippen LogP) is 3.12. The second kappa shape index (κ2) is 2.25. The van der Waals surface area contributed by atoms with Crippen LogP contribution in [0.5, 0.6) is 0 Å². The largest absolute Gasteiger partial charge is 0.198 e. The highest BCUT2D eigenvalue weighted by Crippen LogP contribution is 2.59. The van der Waals surface area contributed by atoms with Crippen molar-refractivity contribution in [2.24, 2.45) is 16.7 Å². The Morgan fingerprint density at radius 3 is 2.25 bits per heavy atom. The molecule has 2 fully saturated rings. The van der Waals surface area contributed by atoms with Crippen LogP contribution in [0.2, 0.25) is 0 Å². The summed E-state index contributed by atoms with van der Waals surface area (Å²) in [6, 6.07) is 2.53. The van der Waals surface area contributed by atoms with Crippen molar-refractivity contribution in [3.05, 3.63) is 0 Å². The second-order valence-corrected chi connectivity index (χ2v) is 5.37. The number of nitrogens with zero attached hydrogens (tertiary/aromatic N) is 1. The average Bonchev–Trinajstić information content (AvgIpc) is 2.72. The van der Waals surface area contributed by atoms with Gasteiger partial charge in [-0.2, -0.15) is 5.26 Å². The van der Waals surface area contributed by atoms with Crippen LogP contribution in [0, 0.1) is 28.1 Å². The average molecular weight is 163 g/mol. The van der Waals surface area contributed by atoms with E-state index < -0.39 is 0 Å². The maximum Gasteiger partial charge on any atom is 0.0692 e. The van der Waals surface area contributed by atoms with Gasteiger partial charge >= 0.3 is 0 Å². The molecule has 1 nitrogen and oxygen atoms in total. The minimum atomic E-state index is 0.133.